The maximum Gasteiger partial charge on any atom is 0.216 e. The fraction of sp³-hybridized carbons (Fsp3) is 0.353. The number of amides is 1. The van der Waals surface area contributed by atoms with Gasteiger partial charge in [-0.2, -0.15) is 0 Å². The van der Waals surface area contributed by atoms with E-state index in [4.69, 9.17) is 4.74 Å². The van der Waals surface area contributed by atoms with Gasteiger partial charge in [-0.3, -0.25) is 4.79 Å². The van der Waals surface area contributed by atoms with Gasteiger partial charge in [-0.1, -0.05) is 12.1 Å². The Hall–Kier alpha value is -2.10. The molecule has 0 heterocycles. The minimum Gasteiger partial charge on any atom is -0.490 e. The lowest BCUT2D eigenvalue weighted by atomic mass is 10.0. The largest absolute Gasteiger partial charge is 0.490 e. The van der Waals surface area contributed by atoms with Crippen molar-refractivity contribution in [2.45, 2.75) is 32.3 Å². The summed E-state index contributed by atoms with van der Waals surface area (Å²) in [6, 6.07) is 9.03. The Morgan fingerprint density at radius 2 is 2.10 bits per heavy atom. The zero-order valence-corrected chi connectivity index (χ0v) is 12.0. The number of hydrogen-bond acceptors (Lipinski definition) is 2. The van der Waals surface area contributed by atoms with E-state index in [1.54, 1.807) is 6.07 Å². The highest BCUT2D eigenvalue weighted by Gasteiger charge is 2.23. The van der Waals surface area contributed by atoms with Crippen molar-refractivity contribution in [2.75, 3.05) is 6.54 Å². The third-order valence-electron chi connectivity index (χ3n) is 3.62. The molecule has 21 heavy (non-hydrogen) atoms. The van der Waals surface area contributed by atoms with Gasteiger partial charge < -0.3 is 10.1 Å². The van der Waals surface area contributed by atoms with Crippen molar-refractivity contribution in [1.82, 2.24) is 5.32 Å². The summed E-state index contributed by atoms with van der Waals surface area (Å²) >= 11 is 0. The van der Waals surface area contributed by atoms with E-state index in [0.717, 1.165) is 29.4 Å². The Morgan fingerprint density at radius 1 is 1.33 bits per heavy atom. The van der Waals surface area contributed by atoms with Crippen LogP contribution in [0.3, 0.4) is 0 Å². The highest BCUT2D eigenvalue weighted by atomic mass is 19.1. The monoisotopic (exact) mass is 287 g/mol. The van der Waals surface area contributed by atoms with E-state index < -0.39 is 0 Å². The van der Waals surface area contributed by atoms with Gasteiger partial charge >= 0.3 is 0 Å². The van der Waals surface area contributed by atoms with Gasteiger partial charge in [0, 0.05) is 13.5 Å². The molecule has 0 aromatic heterocycles. The number of ether oxygens (including phenoxy) is 1. The van der Waals surface area contributed by atoms with Gasteiger partial charge in [0.15, 0.2) is 0 Å². The van der Waals surface area contributed by atoms with Crippen LogP contribution in [0.15, 0.2) is 30.3 Å². The van der Waals surface area contributed by atoms with Crippen molar-refractivity contribution in [3.63, 3.8) is 0 Å². The Morgan fingerprint density at radius 3 is 2.81 bits per heavy atom. The first kappa shape index (κ1) is 13.9. The molecule has 0 radical (unpaired) electrons. The second-order valence-corrected chi connectivity index (χ2v) is 5.46. The zero-order chi connectivity index (χ0) is 14.8. The number of carbonyl (C=O) groups excluding carboxylic acids is 1. The van der Waals surface area contributed by atoms with Gasteiger partial charge in [-0.25, -0.2) is 4.39 Å². The topological polar surface area (TPSA) is 38.3 Å². The second kappa shape index (κ2) is 5.72. The van der Waals surface area contributed by atoms with Crippen molar-refractivity contribution in [3.8, 4) is 5.75 Å². The lowest BCUT2D eigenvalue weighted by molar-refractivity contribution is -0.118. The summed E-state index contributed by atoms with van der Waals surface area (Å²) in [6.07, 6.45) is 2.97. The van der Waals surface area contributed by atoms with Gasteiger partial charge in [0.1, 0.15) is 11.6 Å². The second-order valence-electron chi connectivity index (χ2n) is 5.46. The van der Waals surface area contributed by atoms with Gasteiger partial charge in [-0.05, 0) is 53.8 Å². The summed E-state index contributed by atoms with van der Waals surface area (Å²) in [7, 11) is 0. The summed E-state index contributed by atoms with van der Waals surface area (Å²) in [5, 5.41) is 4.55. The molecule has 1 N–H and O–H groups in total. The van der Waals surface area contributed by atoms with Gasteiger partial charge in [0.2, 0.25) is 5.91 Å². The Kier molecular flexibility index (Phi) is 3.78. The normalized spacial score (nSPS) is 14.2. The SMILES string of the molecule is CC(=O)NCCc1c(F)ccc2ccc(OC3CC3)cc12. The van der Waals surface area contributed by atoms with Crippen LogP contribution in [0.25, 0.3) is 10.8 Å². The maximum atomic E-state index is 14.1. The molecule has 2 aromatic carbocycles. The number of nitrogens with one attached hydrogen (secondary N) is 1. The summed E-state index contributed by atoms with van der Waals surface area (Å²) in [4.78, 5) is 10.9. The zero-order valence-electron chi connectivity index (χ0n) is 12.0. The molecule has 0 atom stereocenters. The fourth-order valence-corrected chi connectivity index (χ4v) is 2.40. The number of fused-ring (bicyclic) bond motifs is 1. The molecule has 3 nitrogen and oxygen atoms in total. The van der Waals surface area contributed by atoms with Crippen LogP contribution in [0, 0.1) is 5.82 Å². The van der Waals surface area contributed by atoms with Gasteiger partial charge in [-0.15, -0.1) is 0 Å². The molecule has 1 aliphatic carbocycles. The van der Waals surface area contributed by atoms with Crippen LogP contribution >= 0.6 is 0 Å². The van der Waals surface area contributed by atoms with Crippen LogP contribution in [-0.4, -0.2) is 18.6 Å². The number of halogens is 1. The minimum atomic E-state index is -0.239. The van der Waals surface area contributed by atoms with Crippen LogP contribution in [-0.2, 0) is 11.2 Å². The first-order valence-electron chi connectivity index (χ1n) is 7.26. The molecule has 1 aliphatic rings. The predicted octanol–water partition coefficient (Wildman–Crippen LogP) is 3.20. The van der Waals surface area contributed by atoms with E-state index in [2.05, 4.69) is 5.32 Å². The van der Waals surface area contributed by atoms with Crippen LogP contribution in [0.4, 0.5) is 4.39 Å². The van der Waals surface area contributed by atoms with Crippen LogP contribution in [0.2, 0.25) is 0 Å². The van der Waals surface area contributed by atoms with Crippen molar-refractivity contribution in [1.29, 1.82) is 0 Å². The molecule has 0 saturated heterocycles. The Balaban J connectivity index is 1.90. The summed E-state index contributed by atoms with van der Waals surface area (Å²) in [5.74, 6) is 0.446. The van der Waals surface area contributed by atoms with Gasteiger partial charge in [0.05, 0.1) is 6.10 Å². The maximum absolute atomic E-state index is 14.1. The van der Waals surface area contributed by atoms with Crippen LogP contribution in [0.1, 0.15) is 25.3 Å². The van der Waals surface area contributed by atoms with E-state index in [9.17, 15) is 9.18 Å². The molecule has 0 aliphatic heterocycles. The third kappa shape index (κ3) is 3.32. The molecule has 1 amide bonds. The lowest BCUT2D eigenvalue weighted by Crippen LogP contribution is -2.22. The van der Waals surface area contributed by atoms with Gasteiger partial charge in [0.25, 0.3) is 0 Å². The van der Waals surface area contributed by atoms with Crippen molar-refractivity contribution in [2.24, 2.45) is 0 Å². The summed E-state index contributed by atoms with van der Waals surface area (Å²) < 4.78 is 19.9. The third-order valence-corrected chi connectivity index (χ3v) is 3.62. The predicted molar refractivity (Wildman–Crippen MR) is 79.9 cm³/mol. The van der Waals surface area contributed by atoms with Crippen LogP contribution in [0.5, 0.6) is 5.75 Å². The molecular formula is C17H18FNO2. The lowest BCUT2D eigenvalue weighted by Gasteiger charge is -2.11. The van der Waals surface area contributed by atoms with Crippen molar-refractivity contribution >= 4 is 16.7 Å². The molecule has 2 aromatic rings. The number of hydrogen-bond donors (Lipinski definition) is 1. The highest BCUT2D eigenvalue weighted by molar-refractivity contribution is 5.87. The van der Waals surface area contributed by atoms with E-state index in [0.29, 0.717) is 24.6 Å². The summed E-state index contributed by atoms with van der Waals surface area (Å²) in [5.41, 5.74) is 0.627. The number of carbonyl (C=O) groups is 1. The van der Waals surface area contributed by atoms with E-state index in [1.165, 1.54) is 13.0 Å². The quantitative estimate of drug-likeness (QED) is 0.917. The average Bonchev–Trinajstić information content (AvgIpc) is 3.25. The fourth-order valence-electron chi connectivity index (χ4n) is 2.40. The highest BCUT2D eigenvalue weighted by Crippen LogP contribution is 2.31. The van der Waals surface area contributed by atoms with E-state index in [-0.39, 0.29) is 11.7 Å². The number of rotatable bonds is 5. The first-order valence-corrected chi connectivity index (χ1v) is 7.26. The first-order chi connectivity index (χ1) is 10.1. The molecule has 1 saturated carbocycles. The smallest absolute Gasteiger partial charge is 0.216 e. The number of benzene rings is 2. The molecule has 0 bridgehead atoms. The van der Waals surface area contributed by atoms with E-state index >= 15 is 0 Å². The van der Waals surface area contributed by atoms with Crippen molar-refractivity contribution in [3.05, 3.63) is 41.7 Å². The molecule has 0 spiro atoms. The molecule has 3 rings (SSSR count). The average molecular weight is 287 g/mol. The van der Waals surface area contributed by atoms with Crippen LogP contribution < -0.4 is 10.1 Å². The Bertz CT molecular complexity index is 680. The van der Waals surface area contributed by atoms with E-state index in [1.807, 2.05) is 18.2 Å². The molecule has 4 heteroatoms. The molecule has 110 valence electrons. The molecular weight excluding hydrogens is 269 g/mol. The molecule has 0 unspecified atom stereocenters. The standard InChI is InChI=1S/C17H18FNO2/c1-11(20)19-9-8-15-16-10-14(21-13-5-6-13)4-2-12(16)3-7-17(15)18/h2-4,7,10,13H,5-6,8-9H2,1H3,(H,19,20). The minimum absolute atomic E-state index is 0.103. The summed E-state index contributed by atoms with van der Waals surface area (Å²) in [6.45, 7) is 1.89. The Labute approximate surface area is 123 Å². The van der Waals surface area contributed by atoms with Crippen molar-refractivity contribution < 1.29 is 13.9 Å². The molecule has 1 fully saturated rings.